The summed E-state index contributed by atoms with van der Waals surface area (Å²) >= 11 is 1.25. The molecule has 8 heavy (non-hydrogen) atoms. The van der Waals surface area contributed by atoms with Crippen molar-refractivity contribution in [3.05, 3.63) is 6.92 Å². The standard InChI is InChI=1S/C5H9F2S/c1-2-3-8-4-5(6)7/h5H,1-4H2. The summed E-state index contributed by atoms with van der Waals surface area (Å²) in [4.78, 5) is 0. The quantitative estimate of drug-likeness (QED) is 0.538. The van der Waals surface area contributed by atoms with E-state index in [-0.39, 0.29) is 5.75 Å². The van der Waals surface area contributed by atoms with E-state index in [1.165, 1.54) is 11.8 Å². The highest BCUT2D eigenvalue weighted by atomic mass is 32.2. The molecule has 0 bridgehead atoms. The molecule has 0 fully saturated rings. The Hall–Kier alpha value is 0.210. The zero-order valence-electron chi connectivity index (χ0n) is 4.57. The van der Waals surface area contributed by atoms with Crippen molar-refractivity contribution >= 4 is 11.8 Å². The maximum atomic E-state index is 11.3. The number of hydrogen-bond acceptors (Lipinski definition) is 1. The molecule has 0 aromatic carbocycles. The number of hydrogen-bond donors (Lipinski definition) is 0. The molecule has 0 atom stereocenters. The molecule has 0 saturated carbocycles. The average molecular weight is 139 g/mol. The molecule has 0 N–H and O–H groups in total. The highest BCUT2D eigenvalue weighted by Gasteiger charge is 1.99. The van der Waals surface area contributed by atoms with Crippen molar-refractivity contribution in [3.63, 3.8) is 0 Å². The van der Waals surface area contributed by atoms with E-state index in [9.17, 15) is 8.78 Å². The minimum Gasteiger partial charge on any atom is -0.210 e. The van der Waals surface area contributed by atoms with Gasteiger partial charge in [0.25, 0.3) is 0 Å². The van der Waals surface area contributed by atoms with Gasteiger partial charge >= 0.3 is 0 Å². The minimum absolute atomic E-state index is 0.0461. The molecule has 0 aromatic rings. The van der Waals surface area contributed by atoms with E-state index in [1.54, 1.807) is 0 Å². The fraction of sp³-hybridized carbons (Fsp3) is 0.800. The zero-order valence-corrected chi connectivity index (χ0v) is 5.39. The molecule has 0 heterocycles. The summed E-state index contributed by atoms with van der Waals surface area (Å²) in [5, 5.41) is 0. The first kappa shape index (κ1) is 8.21. The van der Waals surface area contributed by atoms with Gasteiger partial charge in [-0.25, -0.2) is 8.78 Å². The van der Waals surface area contributed by atoms with Gasteiger partial charge in [-0.3, -0.25) is 0 Å². The van der Waals surface area contributed by atoms with Gasteiger partial charge in [-0.15, -0.1) is 0 Å². The van der Waals surface area contributed by atoms with Gasteiger partial charge in [0.15, 0.2) is 0 Å². The molecule has 0 amide bonds. The molecular formula is C5H9F2S. The molecule has 0 aliphatic carbocycles. The van der Waals surface area contributed by atoms with Gasteiger partial charge in [0, 0.05) is 0 Å². The Morgan fingerprint density at radius 3 is 2.50 bits per heavy atom. The molecule has 0 aliphatic rings. The number of rotatable bonds is 4. The van der Waals surface area contributed by atoms with Gasteiger partial charge in [-0.05, 0) is 12.2 Å². The molecular weight excluding hydrogens is 130 g/mol. The van der Waals surface area contributed by atoms with Crippen LogP contribution < -0.4 is 0 Å². The molecule has 0 rings (SSSR count). The van der Waals surface area contributed by atoms with E-state index in [2.05, 4.69) is 6.92 Å². The molecule has 0 unspecified atom stereocenters. The third-order valence-electron chi connectivity index (χ3n) is 0.533. The molecule has 1 radical (unpaired) electrons. The topological polar surface area (TPSA) is 0 Å². The van der Waals surface area contributed by atoms with Crippen molar-refractivity contribution < 1.29 is 8.78 Å². The third kappa shape index (κ3) is 6.21. The Morgan fingerprint density at radius 1 is 1.50 bits per heavy atom. The van der Waals surface area contributed by atoms with Crippen LogP contribution in [0.3, 0.4) is 0 Å². The van der Waals surface area contributed by atoms with Gasteiger partial charge in [0.2, 0.25) is 6.43 Å². The molecule has 0 nitrogen and oxygen atoms in total. The fourth-order valence-electron chi connectivity index (χ4n) is 0.274. The zero-order chi connectivity index (χ0) is 6.41. The summed E-state index contributed by atoms with van der Waals surface area (Å²) < 4.78 is 22.6. The van der Waals surface area contributed by atoms with Gasteiger partial charge in [-0.2, -0.15) is 11.8 Å². The second-order valence-electron chi connectivity index (χ2n) is 1.32. The molecule has 0 spiro atoms. The minimum atomic E-state index is -2.16. The van der Waals surface area contributed by atoms with Crippen LogP contribution in [-0.4, -0.2) is 17.9 Å². The van der Waals surface area contributed by atoms with Crippen molar-refractivity contribution in [2.45, 2.75) is 12.8 Å². The van der Waals surface area contributed by atoms with Crippen LogP contribution >= 0.6 is 11.8 Å². The smallest absolute Gasteiger partial charge is 0.210 e. The van der Waals surface area contributed by atoms with Crippen molar-refractivity contribution in [1.29, 1.82) is 0 Å². The van der Waals surface area contributed by atoms with E-state index in [1.807, 2.05) is 0 Å². The van der Waals surface area contributed by atoms with E-state index < -0.39 is 6.43 Å². The average Bonchev–Trinajstić information content (AvgIpc) is 1.66. The second-order valence-corrected chi connectivity index (χ2v) is 2.47. The Morgan fingerprint density at radius 2 is 2.12 bits per heavy atom. The summed E-state index contributed by atoms with van der Waals surface area (Å²) in [6, 6.07) is 0. The first-order chi connectivity index (χ1) is 3.77. The van der Waals surface area contributed by atoms with E-state index in [0.29, 0.717) is 0 Å². The van der Waals surface area contributed by atoms with Crippen LogP contribution in [0.1, 0.15) is 6.42 Å². The maximum Gasteiger partial charge on any atom is 0.247 e. The summed E-state index contributed by atoms with van der Waals surface area (Å²) in [6.45, 7) is 3.52. The fourth-order valence-corrected chi connectivity index (χ4v) is 0.823. The summed E-state index contributed by atoms with van der Waals surface area (Å²) in [7, 11) is 0. The van der Waals surface area contributed by atoms with Gasteiger partial charge < -0.3 is 0 Å². The number of halogens is 2. The summed E-state index contributed by atoms with van der Waals surface area (Å²) in [5.41, 5.74) is 0. The van der Waals surface area contributed by atoms with Crippen molar-refractivity contribution in [1.82, 2.24) is 0 Å². The van der Waals surface area contributed by atoms with Crippen LogP contribution in [0.15, 0.2) is 0 Å². The van der Waals surface area contributed by atoms with Crippen molar-refractivity contribution in [2.24, 2.45) is 0 Å². The van der Waals surface area contributed by atoms with Crippen LogP contribution in [-0.2, 0) is 0 Å². The van der Waals surface area contributed by atoms with E-state index in [4.69, 9.17) is 0 Å². The Labute approximate surface area is 52.7 Å². The van der Waals surface area contributed by atoms with Gasteiger partial charge in [-0.1, -0.05) is 6.92 Å². The second kappa shape index (κ2) is 5.35. The lowest BCUT2D eigenvalue weighted by Crippen LogP contribution is -1.93. The summed E-state index contributed by atoms with van der Waals surface area (Å²) in [5.74, 6) is 0.694. The van der Waals surface area contributed by atoms with Crippen LogP contribution in [0, 0.1) is 6.92 Å². The number of thioether (sulfide) groups is 1. The SMILES string of the molecule is [CH2]CCSCC(F)F. The Kier molecular flexibility index (Phi) is 5.49. The highest BCUT2D eigenvalue weighted by Crippen LogP contribution is 2.06. The van der Waals surface area contributed by atoms with E-state index in [0.717, 1.165) is 12.2 Å². The van der Waals surface area contributed by atoms with Gasteiger partial charge in [0.1, 0.15) is 0 Å². The summed E-state index contributed by atoms with van der Waals surface area (Å²) in [6.07, 6.45) is -1.43. The predicted molar refractivity (Wildman–Crippen MR) is 33.3 cm³/mol. The molecule has 49 valence electrons. The van der Waals surface area contributed by atoms with E-state index >= 15 is 0 Å². The monoisotopic (exact) mass is 139 g/mol. The highest BCUT2D eigenvalue weighted by molar-refractivity contribution is 7.99. The normalized spacial score (nSPS) is 10.5. The van der Waals surface area contributed by atoms with Crippen molar-refractivity contribution in [3.8, 4) is 0 Å². The first-order valence-electron chi connectivity index (χ1n) is 2.42. The maximum absolute atomic E-state index is 11.3. The lowest BCUT2D eigenvalue weighted by Gasteiger charge is -1.94. The Balaban J connectivity index is 2.72. The van der Waals surface area contributed by atoms with Crippen LogP contribution in [0.2, 0.25) is 0 Å². The predicted octanol–water partition coefficient (Wildman–Crippen LogP) is 2.21. The molecule has 0 aliphatic heterocycles. The first-order valence-corrected chi connectivity index (χ1v) is 3.58. The van der Waals surface area contributed by atoms with Crippen molar-refractivity contribution in [2.75, 3.05) is 11.5 Å². The molecule has 3 heteroatoms. The third-order valence-corrected chi connectivity index (χ3v) is 1.60. The van der Waals surface area contributed by atoms with Gasteiger partial charge in [0.05, 0.1) is 5.75 Å². The Bertz CT molecular complexity index is 47.7. The van der Waals surface area contributed by atoms with Crippen LogP contribution in [0.4, 0.5) is 8.78 Å². The lowest BCUT2D eigenvalue weighted by atomic mass is 10.6. The molecule has 0 aromatic heterocycles. The molecule has 0 saturated heterocycles. The lowest BCUT2D eigenvalue weighted by molar-refractivity contribution is 0.177. The van der Waals surface area contributed by atoms with Crippen LogP contribution in [0.25, 0.3) is 0 Å². The largest absolute Gasteiger partial charge is 0.247 e. The van der Waals surface area contributed by atoms with Crippen LogP contribution in [0.5, 0.6) is 0 Å². The number of alkyl halides is 2.